The van der Waals surface area contributed by atoms with E-state index in [1.807, 2.05) is 6.07 Å². The maximum atomic E-state index is 5.89. The van der Waals surface area contributed by atoms with Gasteiger partial charge in [-0.2, -0.15) is 5.10 Å². The Labute approximate surface area is 93.5 Å². The fourth-order valence-electron chi connectivity index (χ4n) is 2.55. The maximum Gasteiger partial charge on any atom is 0.152 e. The van der Waals surface area contributed by atoms with Crippen molar-refractivity contribution in [3.8, 4) is 0 Å². The van der Waals surface area contributed by atoms with E-state index in [9.17, 15) is 0 Å². The maximum absolute atomic E-state index is 5.89. The molecule has 15 heavy (non-hydrogen) atoms. The number of fused-ring (bicyclic) bond motifs is 2. The summed E-state index contributed by atoms with van der Waals surface area (Å²) in [6, 6.07) is 2.35. The largest absolute Gasteiger partial charge is 0.310 e. The summed E-state index contributed by atoms with van der Waals surface area (Å²) in [5.41, 5.74) is 5.19. The van der Waals surface area contributed by atoms with Crippen molar-refractivity contribution < 1.29 is 0 Å². The predicted molar refractivity (Wildman–Crippen MR) is 59.7 cm³/mol. The molecule has 1 aliphatic carbocycles. The van der Waals surface area contributed by atoms with Crippen molar-refractivity contribution in [3.05, 3.63) is 28.0 Å². The average molecular weight is 222 g/mol. The Balaban J connectivity index is 2.14. The normalized spacial score (nSPS) is 24.0. The monoisotopic (exact) mass is 221 g/mol. The Morgan fingerprint density at radius 3 is 3.20 bits per heavy atom. The van der Waals surface area contributed by atoms with Crippen LogP contribution in [0.2, 0.25) is 5.15 Å². The number of aromatic nitrogens is 2. The standard InChI is InChI=1S/C11H12ClN3/c1-6-11-7(2-3-13-6)4-9-8(11)5-10(12)15-14-9/h5-6,13H,2-4H2,1H3. The van der Waals surface area contributed by atoms with Gasteiger partial charge >= 0.3 is 0 Å². The first-order valence-corrected chi connectivity index (χ1v) is 5.61. The molecule has 0 bridgehead atoms. The van der Waals surface area contributed by atoms with E-state index in [2.05, 4.69) is 22.4 Å². The van der Waals surface area contributed by atoms with Crippen LogP contribution in [-0.2, 0) is 6.42 Å². The van der Waals surface area contributed by atoms with Crippen LogP contribution in [0.1, 0.15) is 24.6 Å². The summed E-state index contributed by atoms with van der Waals surface area (Å²) in [7, 11) is 0. The molecule has 3 rings (SSSR count). The molecule has 4 heteroatoms. The van der Waals surface area contributed by atoms with Crippen molar-refractivity contribution in [1.82, 2.24) is 15.5 Å². The summed E-state index contributed by atoms with van der Waals surface area (Å²) in [6.07, 6.45) is 2.08. The van der Waals surface area contributed by atoms with Gasteiger partial charge in [-0.1, -0.05) is 17.2 Å². The highest BCUT2D eigenvalue weighted by atomic mass is 35.5. The Morgan fingerprint density at radius 2 is 2.33 bits per heavy atom. The summed E-state index contributed by atoms with van der Waals surface area (Å²) < 4.78 is 0. The van der Waals surface area contributed by atoms with Gasteiger partial charge in [-0.25, -0.2) is 0 Å². The van der Waals surface area contributed by atoms with E-state index < -0.39 is 0 Å². The molecule has 1 atom stereocenters. The van der Waals surface area contributed by atoms with E-state index in [4.69, 9.17) is 11.6 Å². The first kappa shape index (κ1) is 9.31. The molecule has 0 aromatic carbocycles. The van der Waals surface area contributed by atoms with Gasteiger partial charge in [-0.15, -0.1) is 5.10 Å². The number of rotatable bonds is 0. The lowest BCUT2D eigenvalue weighted by atomic mass is 9.95. The third-order valence-corrected chi connectivity index (χ3v) is 3.39. The van der Waals surface area contributed by atoms with E-state index in [1.165, 1.54) is 16.7 Å². The van der Waals surface area contributed by atoms with Crippen LogP contribution in [0.4, 0.5) is 0 Å². The lowest BCUT2D eigenvalue weighted by molar-refractivity contribution is 0.612. The Morgan fingerprint density at radius 1 is 1.47 bits per heavy atom. The SMILES string of the molecule is CC1NCCC2=C1c1cc(Cl)nnc1C2. The quantitative estimate of drug-likeness (QED) is 0.726. The molecular weight excluding hydrogens is 210 g/mol. The Hall–Kier alpha value is -0.930. The minimum absolute atomic E-state index is 0.412. The molecule has 0 fully saturated rings. The van der Waals surface area contributed by atoms with Crippen LogP contribution in [0.3, 0.4) is 0 Å². The fourth-order valence-corrected chi connectivity index (χ4v) is 2.70. The van der Waals surface area contributed by atoms with Crippen molar-refractivity contribution in [2.24, 2.45) is 0 Å². The molecule has 2 aliphatic rings. The molecule has 1 aliphatic heterocycles. The second-order valence-corrected chi connectivity index (χ2v) is 4.53. The highest BCUT2D eigenvalue weighted by Crippen LogP contribution is 2.37. The van der Waals surface area contributed by atoms with Crippen LogP contribution in [-0.4, -0.2) is 22.8 Å². The minimum Gasteiger partial charge on any atom is -0.310 e. The van der Waals surface area contributed by atoms with E-state index in [0.717, 1.165) is 25.1 Å². The molecule has 1 aromatic rings. The van der Waals surface area contributed by atoms with Crippen LogP contribution in [0.5, 0.6) is 0 Å². The molecule has 0 saturated heterocycles. The fraction of sp³-hybridized carbons (Fsp3) is 0.455. The molecule has 2 heterocycles. The number of hydrogen-bond donors (Lipinski definition) is 1. The molecule has 1 aromatic heterocycles. The summed E-state index contributed by atoms with van der Waals surface area (Å²) in [4.78, 5) is 0. The zero-order valence-corrected chi connectivity index (χ0v) is 9.30. The number of halogens is 1. The van der Waals surface area contributed by atoms with Crippen molar-refractivity contribution in [3.63, 3.8) is 0 Å². The first-order chi connectivity index (χ1) is 7.25. The predicted octanol–water partition coefficient (Wildman–Crippen LogP) is 1.82. The molecule has 78 valence electrons. The number of nitrogens with one attached hydrogen (secondary N) is 1. The highest BCUT2D eigenvalue weighted by Gasteiger charge is 2.29. The first-order valence-electron chi connectivity index (χ1n) is 5.23. The van der Waals surface area contributed by atoms with E-state index in [-0.39, 0.29) is 0 Å². The zero-order valence-electron chi connectivity index (χ0n) is 8.55. The Bertz CT molecular complexity index is 453. The van der Waals surface area contributed by atoms with Gasteiger partial charge in [0.05, 0.1) is 5.69 Å². The van der Waals surface area contributed by atoms with E-state index >= 15 is 0 Å². The van der Waals surface area contributed by atoms with Gasteiger partial charge in [0.25, 0.3) is 0 Å². The lowest BCUT2D eigenvalue weighted by Gasteiger charge is -2.23. The molecule has 0 amide bonds. The van der Waals surface area contributed by atoms with Gasteiger partial charge in [0, 0.05) is 18.0 Å². The second-order valence-electron chi connectivity index (χ2n) is 4.15. The summed E-state index contributed by atoms with van der Waals surface area (Å²) in [5.74, 6) is 0. The van der Waals surface area contributed by atoms with Crippen LogP contribution >= 0.6 is 11.6 Å². The van der Waals surface area contributed by atoms with Crippen molar-refractivity contribution in [2.75, 3.05) is 6.54 Å². The Kier molecular flexibility index (Phi) is 2.04. The van der Waals surface area contributed by atoms with Crippen LogP contribution < -0.4 is 5.32 Å². The molecule has 0 spiro atoms. The summed E-state index contributed by atoms with van der Waals surface area (Å²) >= 11 is 5.89. The average Bonchev–Trinajstić information content (AvgIpc) is 2.57. The van der Waals surface area contributed by atoms with Gasteiger partial charge in [0.2, 0.25) is 0 Å². The van der Waals surface area contributed by atoms with Gasteiger partial charge in [-0.05, 0) is 31.5 Å². The van der Waals surface area contributed by atoms with Crippen molar-refractivity contribution in [2.45, 2.75) is 25.8 Å². The topological polar surface area (TPSA) is 37.8 Å². The number of hydrogen-bond acceptors (Lipinski definition) is 3. The van der Waals surface area contributed by atoms with Gasteiger partial charge < -0.3 is 5.32 Å². The third-order valence-electron chi connectivity index (χ3n) is 3.20. The van der Waals surface area contributed by atoms with Crippen molar-refractivity contribution >= 4 is 17.2 Å². The van der Waals surface area contributed by atoms with E-state index in [0.29, 0.717) is 11.2 Å². The van der Waals surface area contributed by atoms with Crippen LogP contribution in [0.15, 0.2) is 11.6 Å². The number of nitrogens with zero attached hydrogens (tertiary/aromatic N) is 2. The minimum atomic E-state index is 0.412. The van der Waals surface area contributed by atoms with Gasteiger partial charge in [0.15, 0.2) is 5.15 Å². The highest BCUT2D eigenvalue weighted by molar-refractivity contribution is 6.29. The third kappa shape index (κ3) is 1.38. The second kappa shape index (κ2) is 3.29. The molecular formula is C11H12ClN3. The van der Waals surface area contributed by atoms with Crippen LogP contribution in [0, 0.1) is 0 Å². The van der Waals surface area contributed by atoms with Crippen LogP contribution in [0.25, 0.3) is 5.57 Å². The molecule has 0 radical (unpaired) electrons. The van der Waals surface area contributed by atoms with Gasteiger partial charge in [-0.3, -0.25) is 0 Å². The molecule has 3 nitrogen and oxygen atoms in total. The lowest BCUT2D eigenvalue weighted by Crippen LogP contribution is -2.32. The van der Waals surface area contributed by atoms with E-state index in [1.54, 1.807) is 0 Å². The molecule has 1 unspecified atom stereocenters. The zero-order chi connectivity index (χ0) is 10.4. The summed E-state index contributed by atoms with van der Waals surface area (Å²) in [6.45, 7) is 3.26. The molecule has 0 saturated carbocycles. The molecule has 1 N–H and O–H groups in total. The van der Waals surface area contributed by atoms with Gasteiger partial charge in [0.1, 0.15) is 0 Å². The smallest absolute Gasteiger partial charge is 0.152 e. The van der Waals surface area contributed by atoms with Crippen molar-refractivity contribution in [1.29, 1.82) is 0 Å². The summed E-state index contributed by atoms with van der Waals surface area (Å²) in [5, 5.41) is 12.0.